The van der Waals surface area contributed by atoms with Gasteiger partial charge in [0, 0.05) is 34.4 Å². The molecule has 2 N–H and O–H groups in total. The third-order valence-electron chi connectivity index (χ3n) is 7.03. The topological polar surface area (TPSA) is 146 Å². The van der Waals surface area contributed by atoms with Crippen LogP contribution in [0.3, 0.4) is 0 Å². The van der Waals surface area contributed by atoms with Gasteiger partial charge in [-0.05, 0) is 47.9 Å². The number of hydrogen-bond donors (Lipinski definition) is 2. The van der Waals surface area contributed by atoms with Crippen LogP contribution in [-0.4, -0.2) is 61.2 Å². The van der Waals surface area contributed by atoms with E-state index in [-0.39, 0.29) is 24.4 Å². The molecule has 0 saturated heterocycles. The highest BCUT2D eigenvalue weighted by molar-refractivity contribution is 7.21. The first kappa shape index (κ1) is 32.7. The highest BCUT2D eigenvalue weighted by Crippen LogP contribution is 2.38. The molecule has 2 aromatic carbocycles. The number of rotatable bonds is 17. The number of hydrogen-bond acceptors (Lipinski definition) is 10. The molecule has 2 heterocycles. The first-order chi connectivity index (χ1) is 21.0. The molecule has 2 atom stereocenters. The van der Waals surface area contributed by atoms with E-state index in [0.717, 1.165) is 20.2 Å². The number of Topliss-reactive ketones (excluding diaryl/α,β-unsaturated/α-hetero) is 2. The van der Waals surface area contributed by atoms with Crippen LogP contribution in [0.15, 0.2) is 36.4 Å². The van der Waals surface area contributed by atoms with Gasteiger partial charge in [0.25, 0.3) is 0 Å². The van der Waals surface area contributed by atoms with E-state index in [1.165, 1.54) is 36.5 Å². The summed E-state index contributed by atoms with van der Waals surface area (Å²) in [5.74, 6) is -1.77. The Morgan fingerprint density at radius 3 is 1.36 bits per heavy atom. The third kappa shape index (κ3) is 7.86. The fraction of sp³-hybridized carbons (Fsp3) is 0.375. The van der Waals surface area contributed by atoms with Crippen LogP contribution in [0.1, 0.15) is 58.9 Å². The number of carboxylic acid groups (broad SMARTS) is 2. The number of benzene rings is 2. The smallest absolute Gasteiger partial charge is 0.306 e. The summed E-state index contributed by atoms with van der Waals surface area (Å²) in [4.78, 5) is 48.4. The maximum atomic E-state index is 12.6. The molecule has 234 valence electrons. The van der Waals surface area contributed by atoms with Gasteiger partial charge in [-0.1, -0.05) is 13.8 Å². The van der Waals surface area contributed by atoms with Gasteiger partial charge in [0.15, 0.2) is 34.6 Å². The highest BCUT2D eigenvalue weighted by atomic mass is 32.1. The van der Waals surface area contributed by atoms with Crippen molar-refractivity contribution < 1.29 is 48.3 Å². The lowest BCUT2D eigenvalue weighted by molar-refractivity contribution is -0.141. The lowest BCUT2D eigenvalue weighted by Gasteiger charge is -2.12. The number of unbranched alkanes of at least 4 members (excludes halogenated alkanes) is 1. The van der Waals surface area contributed by atoms with Gasteiger partial charge < -0.3 is 29.2 Å². The summed E-state index contributed by atoms with van der Waals surface area (Å²) in [5, 5.41) is 19.9. The molecule has 0 aliphatic carbocycles. The molecule has 4 aromatic rings. The highest BCUT2D eigenvalue weighted by Gasteiger charge is 2.21. The molecule has 0 fully saturated rings. The van der Waals surface area contributed by atoms with Gasteiger partial charge in [-0.2, -0.15) is 0 Å². The molecule has 0 amide bonds. The van der Waals surface area contributed by atoms with Gasteiger partial charge >= 0.3 is 11.9 Å². The summed E-state index contributed by atoms with van der Waals surface area (Å²) >= 11 is 2.59. The van der Waals surface area contributed by atoms with Crippen molar-refractivity contribution in [3.8, 4) is 23.0 Å². The monoisotopic (exact) mass is 642 g/mol. The number of ether oxygens (including phenoxy) is 4. The van der Waals surface area contributed by atoms with Crippen LogP contribution in [0.2, 0.25) is 0 Å². The van der Waals surface area contributed by atoms with E-state index in [2.05, 4.69) is 0 Å². The van der Waals surface area contributed by atoms with Gasteiger partial charge in [0.05, 0.1) is 49.0 Å². The number of carboxylic acids is 2. The van der Waals surface area contributed by atoms with E-state index in [9.17, 15) is 19.2 Å². The summed E-state index contributed by atoms with van der Waals surface area (Å²) < 4.78 is 24.7. The van der Waals surface area contributed by atoms with Crippen molar-refractivity contribution >= 4 is 66.4 Å². The molecule has 10 nitrogen and oxygen atoms in total. The van der Waals surface area contributed by atoms with E-state index in [1.807, 2.05) is 12.1 Å². The number of methoxy groups -OCH3 is 2. The first-order valence-corrected chi connectivity index (χ1v) is 15.6. The van der Waals surface area contributed by atoms with Crippen LogP contribution < -0.4 is 18.9 Å². The minimum atomic E-state index is -1.00. The maximum absolute atomic E-state index is 12.6. The maximum Gasteiger partial charge on any atom is 0.306 e. The Morgan fingerprint density at radius 1 is 0.636 bits per heavy atom. The zero-order chi connectivity index (χ0) is 32.0. The molecule has 0 radical (unpaired) electrons. The SMILES string of the molecule is COc1cc2cc(C(=O)C[C@H](C)C(=O)O)sc2cc1OCCCCOc1cc2sc(C(=O)C[C@H](C)C(=O)O)cc2cc1OC. The van der Waals surface area contributed by atoms with E-state index < -0.39 is 23.8 Å². The minimum absolute atomic E-state index is 0.0631. The second kappa shape index (κ2) is 14.5. The molecule has 0 spiro atoms. The number of fused-ring (bicyclic) bond motifs is 2. The second-order valence-corrected chi connectivity index (χ2v) is 12.6. The normalized spacial score (nSPS) is 12.5. The Balaban J connectivity index is 1.33. The van der Waals surface area contributed by atoms with Crippen molar-refractivity contribution in [2.24, 2.45) is 11.8 Å². The zero-order valence-corrected chi connectivity index (χ0v) is 26.5. The number of carbonyl (C=O) groups excluding carboxylic acids is 2. The van der Waals surface area contributed by atoms with Gasteiger partial charge in [-0.15, -0.1) is 22.7 Å². The van der Waals surface area contributed by atoms with E-state index >= 15 is 0 Å². The van der Waals surface area contributed by atoms with E-state index in [4.69, 9.17) is 29.2 Å². The van der Waals surface area contributed by atoms with Crippen LogP contribution in [-0.2, 0) is 9.59 Å². The van der Waals surface area contributed by atoms with Crippen molar-refractivity contribution in [3.63, 3.8) is 0 Å². The predicted molar refractivity (Wildman–Crippen MR) is 168 cm³/mol. The fourth-order valence-corrected chi connectivity index (χ4v) is 6.46. The number of ketones is 2. The first-order valence-electron chi connectivity index (χ1n) is 14.0. The largest absolute Gasteiger partial charge is 0.493 e. The van der Waals surface area contributed by atoms with E-state index in [0.29, 0.717) is 58.8 Å². The molecule has 0 saturated carbocycles. The Morgan fingerprint density at radius 2 is 1.02 bits per heavy atom. The molecular formula is C32H34O10S2. The molecule has 0 aliphatic heterocycles. The Labute approximate surface area is 262 Å². The van der Waals surface area contributed by atoms with Crippen molar-refractivity contribution in [1.82, 2.24) is 0 Å². The number of carbonyl (C=O) groups is 4. The molecule has 2 aromatic heterocycles. The standard InChI is InChI=1S/C32H34O10S2/c1-17(31(35)36)9-21(33)29-13-19-11-23(39-3)25(15-27(19)43-29)41-7-5-6-8-42-26-16-28-20(12-24(26)40-4)14-30(44-28)22(34)10-18(2)32(37)38/h11-18H,5-10H2,1-4H3,(H,35,36)(H,37,38)/t17-,18-/m0/s1. The average molecular weight is 643 g/mol. The van der Waals surface area contributed by atoms with Crippen LogP contribution >= 0.6 is 22.7 Å². The van der Waals surface area contributed by atoms with Crippen molar-refractivity contribution in [1.29, 1.82) is 0 Å². The molecule has 0 aliphatic rings. The van der Waals surface area contributed by atoms with Crippen molar-refractivity contribution in [2.75, 3.05) is 27.4 Å². The molecule has 12 heteroatoms. The third-order valence-corrected chi connectivity index (χ3v) is 9.31. The molecular weight excluding hydrogens is 608 g/mol. The van der Waals surface area contributed by atoms with Crippen molar-refractivity contribution in [2.45, 2.75) is 39.5 Å². The zero-order valence-electron chi connectivity index (χ0n) is 24.8. The van der Waals surface area contributed by atoms with Crippen LogP contribution in [0.5, 0.6) is 23.0 Å². The minimum Gasteiger partial charge on any atom is -0.493 e. The Kier molecular flexibility index (Phi) is 10.8. The summed E-state index contributed by atoms with van der Waals surface area (Å²) in [7, 11) is 3.09. The van der Waals surface area contributed by atoms with Crippen LogP contribution in [0.4, 0.5) is 0 Å². The fourth-order valence-electron chi connectivity index (χ4n) is 4.41. The number of aliphatic carboxylic acids is 2. The van der Waals surface area contributed by atoms with Gasteiger partial charge in [0.1, 0.15) is 0 Å². The van der Waals surface area contributed by atoms with Gasteiger partial charge in [0.2, 0.25) is 0 Å². The lowest BCUT2D eigenvalue weighted by Crippen LogP contribution is -2.13. The summed E-state index contributed by atoms with van der Waals surface area (Å²) in [6, 6.07) is 10.8. The van der Waals surface area contributed by atoms with E-state index in [1.54, 1.807) is 38.5 Å². The van der Waals surface area contributed by atoms with Crippen LogP contribution in [0.25, 0.3) is 20.2 Å². The summed E-state index contributed by atoms with van der Waals surface area (Å²) in [6.45, 7) is 3.83. The van der Waals surface area contributed by atoms with Gasteiger partial charge in [-0.25, -0.2) is 0 Å². The van der Waals surface area contributed by atoms with Crippen molar-refractivity contribution in [3.05, 3.63) is 46.2 Å². The summed E-state index contributed by atoms with van der Waals surface area (Å²) in [6.07, 6.45) is 1.25. The molecule has 0 unspecified atom stereocenters. The quantitative estimate of drug-likeness (QED) is 0.0916. The Hall–Kier alpha value is -4.16. The summed E-state index contributed by atoms with van der Waals surface area (Å²) in [5.41, 5.74) is 0. The molecule has 0 bridgehead atoms. The van der Waals surface area contributed by atoms with Crippen LogP contribution in [0, 0.1) is 11.8 Å². The average Bonchev–Trinajstić information content (AvgIpc) is 3.61. The Bertz CT molecular complexity index is 1560. The predicted octanol–water partition coefficient (Wildman–Crippen LogP) is 6.96. The lowest BCUT2D eigenvalue weighted by atomic mass is 10.0. The molecule has 44 heavy (non-hydrogen) atoms. The number of thiophene rings is 2. The second-order valence-electron chi connectivity index (χ2n) is 10.4. The van der Waals surface area contributed by atoms with Gasteiger partial charge in [-0.3, -0.25) is 19.2 Å². The molecule has 4 rings (SSSR count).